The van der Waals surface area contributed by atoms with Crippen LogP contribution in [-0.2, 0) is 11.3 Å². The topological polar surface area (TPSA) is 51.5 Å². The van der Waals surface area contributed by atoms with Gasteiger partial charge in [-0.25, -0.2) is 4.79 Å². The number of carboxylic acid groups (broad SMARTS) is 1. The molecule has 1 N–H and O–H groups in total. The van der Waals surface area contributed by atoms with Gasteiger partial charge in [0.15, 0.2) is 6.10 Å². The first-order valence-corrected chi connectivity index (χ1v) is 11.1. The maximum Gasteiger partial charge on any atom is 0.344 e. The Morgan fingerprint density at radius 2 is 1.81 bits per heavy atom. The van der Waals surface area contributed by atoms with Crippen molar-refractivity contribution in [2.75, 3.05) is 0 Å². The van der Waals surface area contributed by atoms with E-state index in [-0.39, 0.29) is 0 Å². The van der Waals surface area contributed by atoms with Crippen molar-refractivity contribution in [3.8, 4) is 5.75 Å². The Balaban J connectivity index is 1.72. The minimum absolute atomic E-state index is 0.488. The first kappa shape index (κ1) is 21.3. The lowest BCUT2D eigenvalue weighted by Crippen LogP contribution is -2.22. The van der Waals surface area contributed by atoms with Crippen LogP contribution in [0, 0.1) is 6.92 Å². The summed E-state index contributed by atoms with van der Waals surface area (Å²) >= 11 is 8.25. The second kappa shape index (κ2) is 9.08. The summed E-state index contributed by atoms with van der Waals surface area (Å²) in [6.07, 6.45) is -0.933. The van der Waals surface area contributed by atoms with E-state index in [4.69, 9.17) is 21.4 Å². The largest absolute Gasteiger partial charge is 0.479 e. The maximum atomic E-state index is 11.1. The zero-order valence-corrected chi connectivity index (χ0v) is 18.8. The Morgan fingerprint density at radius 3 is 2.55 bits per heavy atom. The molecule has 1 heterocycles. The van der Waals surface area contributed by atoms with Crippen molar-refractivity contribution in [1.29, 1.82) is 0 Å². The molecular formula is C25H22ClNO3S. The van der Waals surface area contributed by atoms with Crippen molar-refractivity contribution < 1.29 is 14.6 Å². The number of hydrogen-bond donors (Lipinski definition) is 1. The molecule has 0 bridgehead atoms. The van der Waals surface area contributed by atoms with E-state index in [0.29, 0.717) is 17.3 Å². The summed E-state index contributed by atoms with van der Waals surface area (Å²) in [5.74, 6) is -0.520. The van der Waals surface area contributed by atoms with Crippen LogP contribution in [0.5, 0.6) is 5.75 Å². The van der Waals surface area contributed by atoms with Crippen LogP contribution >= 0.6 is 23.4 Å². The van der Waals surface area contributed by atoms with E-state index in [1.165, 1.54) is 22.1 Å². The van der Waals surface area contributed by atoms with Crippen molar-refractivity contribution in [3.63, 3.8) is 0 Å². The minimum Gasteiger partial charge on any atom is -0.479 e. The van der Waals surface area contributed by atoms with Crippen molar-refractivity contribution in [3.05, 3.63) is 89.1 Å². The first-order valence-electron chi connectivity index (χ1n) is 9.92. The van der Waals surface area contributed by atoms with E-state index in [1.54, 1.807) is 23.9 Å². The third kappa shape index (κ3) is 4.58. The van der Waals surface area contributed by atoms with Gasteiger partial charge < -0.3 is 14.4 Å². The van der Waals surface area contributed by atoms with E-state index in [0.717, 1.165) is 16.8 Å². The van der Waals surface area contributed by atoms with Crippen molar-refractivity contribution >= 4 is 40.2 Å². The number of rotatable bonds is 7. The van der Waals surface area contributed by atoms with E-state index in [9.17, 15) is 4.79 Å². The third-order valence-corrected chi connectivity index (χ3v) is 6.74. The highest BCUT2D eigenvalue weighted by Gasteiger charge is 2.17. The Morgan fingerprint density at radius 1 is 1.10 bits per heavy atom. The predicted molar refractivity (Wildman–Crippen MR) is 126 cm³/mol. The summed E-state index contributed by atoms with van der Waals surface area (Å²) in [6, 6.07) is 23.9. The van der Waals surface area contributed by atoms with Gasteiger partial charge in [0.05, 0.1) is 0 Å². The van der Waals surface area contributed by atoms with Crippen LogP contribution in [0.2, 0.25) is 5.02 Å². The Bertz CT molecular complexity index is 1240. The number of benzene rings is 3. The third-order valence-electron chi connectivity index (χ3n) is 5.14. The Labute approximate surface area is 190 Å². The number of nitrogens with zero attached hydrogens (tertiary/aromatic N) is 1. The molecule has 4 aromatic rings. The summed E-state index contributed by atoms with van der Waals surface area (Å²) in [5, 5.41) is 10.9. The van der Waals surface area contributed by atoms with Gasteiger partial charge in [-0.15, -0.1) is 0 Å². The molecule has 0 amide bonds. The first-order chi connectivity index (χ1) is 14.9. The fourth-order valence-corrected chi connectivity index (χ4v) is 4.76. The van der Waals surface area contributed by atoms with E-state index >= 15 is 0 Å². The molecule has 0 saturated carbocycles. The summed E-state index contributed by atoms with van der Waals surface area (Å²) in [6.45, 7) is 4.18. The average Bonchev–Trinajstić information content (AvgIpc) is 3.02. The predicted octanol–water partition coefficient (Wildman–Crippen LogP) is 6.65. The summed E-state index contributed by atoms with van der Waals surface area (Å²) < 4.78 is 7.78. The van der Waals surface area contributed by atoms with Gasteiger partial charge >= 0.3 is 5.97 Å². The van der Waals surface area contributed by atoms with Crippen molar-refractivity contribution in [2.45, 2.75) is 36.3 Å². The molecule has 0 unspecified atom stereocenters. The van der Waals surface area contributed by atoms with Gasteiger partial charge in [-0.05, 0) is 55.8 Å². The Kier molecular flexibility index (Phi) is 6.25. The molecule has 6 heteroatoms. The lowest BCUT2D eigenvalue weighted by molar-refractivity contribution is -0.144. The Hall–Kier alpha value is -2.89. The van der Waals surface area contributed by atoms with Crippen LogP contribution in [0.4, 0.5) is 0 Å². The fraction of sp³-hybridized carbons (Fsp3) is 0.160. The number of halogens is 1. The molecule has 0 aliphatic carbocycles. The number of ether oxygens (including phenoxy) is 1. The molecule has 0 saturated heterocycles. The molecule has 4 rings (SSSR count). The summed E-state index contributed by atoms with van der Waals surface area (Å²) in [7, 11) is 0. The lowest BCUT2D eigenvalue weighted by atomic mass is 10.2. The smallest absolute Gasteiger partial charge is 0.344 e. The SMILES string of the molecule is Cc1c(Sc2ccccc2)c2ccccc2n1Cc1cc(O[C@H](C)C(=O)O)ccc1Cl. The standard InChI is InChI=1S/C25H22ClNO3S/c1-16-24(31-20-8-4-3-5-9-20)21-10-6-7-11-23(21)27(16)15-18-14-19(12-13-22(18)26)30-17(2)25(28)29/h3-14,17H,15H2,1-2H3,(H,28,29)/t17-/m1/s1. The number of para-hydroxylation sites is 1. The summed E-state index contributed by atoms with van der Waals surface area (Å²) in [4.78, 5) is 13.5. The van der Waals surface area contributed by atoms with Gasteiger partial charge in [-0.3, -0.25) is 0 Å². The van der Waals surface area contributed by atoms with Crippen LogP contribution in [0.1, 0.15) is 18.2 Å². The van der Waals surface area contributed by atoms with Gasteiger partial charge in [-0.1, -0.05) is 59.8 Å². The van der Waals surface area contributed by atoms with Crippen molar-refractivity contribution in [2.24, 2.45) is 0 Å². The minimum atomic E-state index is -1.01. The number of hydrogen-bond acceptors (Lipinski definition) is 3. The molecule has 31 heavy (non-hydrogen) atoms. The molecule has 0 fully saturated rings. The van der Waals surface area contributed by atoms with Crippen LogP contribution in [-0.4, -0.2) is 21.7 Å². The highest BCUT2D eigenvalue weighted by atomic mass is 35.5. The molecule has 158 valence electrons. The summed E-state index contributed by atoms with van der Waals surface area (Å²) in [5.41, 5.74) is 3.15. The van der Waals surface area contributed by atoms with Crippen LogP contribution in [0.25, 0.3) is 10.9 Å². The number of carboxylic acids is 1. The zero-order chi connectivity index (χ0) is 22.0. The lowest BCUT2D eigenvalue weighted by Gasteiger charge is -2.14. The number of carbonyl (C=O) groups is 1. The van der Waals surface area contributed by atoms with E-state index in [1.807, 2.05) is 30.3 Å². The van der Waals surface area contributed by atoms with Crippen LogP contribution in [0.3, 0.4) is 0 Å². The van der Waals surface area contributed by atoms with Gasteiger partial charge in [0, 0.05) is 38.0 Å². The monoisotopic (exact) mass is 451 g/mol. The highest BCUT2D eigenvalue weighted by molar-refractivity contribution is 7.99. The number of aromatic nitrogens is 1. The maximum absolute atomic E-state index is 11.1. The average molecular weight is 452 g/mol. The molecular weight excluding hydrogens is 430 g/mol. The number of fused-ring (bicyclic) bond motifs is 1. The molecule has 0 spiro atoms. The van der Waals surface area contributed by atoms with Gasteiger partial charge in [0.2, 0.25) is 0 Å². The molecule has 0 aliphatic heterocycles. The van der Waals surface area contributed by atoms with Crippen LogP contribution in [0.15, 0.2) is 82.6 Å². The molecule has 0 radical (unpaired) electrons. The van der Waals surface area contributed by atoms with Gasteiger partial charge in [0.25, 0.3) is 0 Å². The van der Waals surface area contributed by atoms with Crippen molar-refractivity contribution in [1.82, 2.24) is 4.57 Å². The zero-order valence-electron chi connectivity index (χ0n) is 17.2. The normalized spacial score (nSPS) is 12.1. The molecule has 1 atom stereocenters. The highest BCUT2D eigenvalue weighted by Crippen LogP contribution is 2.39. The second-order valence-corrected chi connectivity index (χ2v) is 8.78. The van der Waals surface area contributed by atoms with Crippen LogP contribution < -0.4 is 4.74 Å². The quantitative estimate of drug-likeness (QED) is 0.341. The molecule has 1 aromatic heterocycles. The van der Waals surface area contributed by atoms with Gasteiger partial charge in [0.1, 0.15) is 5.75 Å². The number of aliphatic carboxylic acids is 1. The second-order valence-electron chi connectivity index (χ2n) is 7.28. The van der Waals surface area contributed by atoms with E-state index in [2.05, 4.69) is 41.8 Å². The van der Waals surface area contributed by atoms with Gasteiger partial charge in [-0.2, -0.15) is 0 Å². The fourth-order valence-electron chi connectivity index (χ4n) is 3.51. The molecule has 0 aliphatic rings. The molecule has 4 nitrogen and oxygen atoms in total. The van der Waals surface area contributed by atoms with E-state index < -0.39 is 12.1 Å². The molecule has 3 aromatic carbocycles.